The molecule has 3 rings (SSSR count). The number of phenols is 2. The first-order valence-corrected chi connectivity index (χ1v) is 8.10. The number of anilines is 1. The molecule has 1 aliphatic heterocycles. The zero-order chi connectivity index (χ0) is 19.7. The number of carbonyl (C=O) groups excluding carboxylic acids is 3. The van der Waals surface area contributed by atoms with Crippen LogP contribution in [0.3, 0.4) is 0 Å². The first-order valence-electron chi connectivity index (χ1n) is 8.10. The van der Waals surface area contributed by atoms with Gasteiger partial charge in [-0.2, -0.15) is 0 Å². The second kappa shape index (κ2) is 6.95. The highest BCUT2D eigenvalue weighted by Crippen LogP contribution is 2.37. The molecule has 1 fully saturated rings. The number of ether oxygens (including phenoxy) is 1. The number of hydrogen-bond donors (Lipinski definition) is 2. The van der Waals surface area contributed by atoms with Crippen molar-refractivity contribution in [3.05, 3.63) is 53.1 Å². The second-order valence-corrected chi connectivity index (χ2v) is 6.07. The summed E-state index contributed by atoms with van der Waals surface area (Å²) in [7, 11) is 1.34. The number of aromatic hydroxyl groups is 2. The van der Waals surface area contributed by atoms with Crippen molar-refractivity contribution in [2.45, 2.75) is 13.3 Å². The molecule has 27 heavy (non-hydrogen) atoms. The van der Waals surface area contributed by atoms with Gasteiger partial charge in [0.1, 0.15) is 0 Å². The van der Waals surface area contributed by atoms with E-state index in [1.54, 1.807) is 24.3 Å². The summed E-state index contributed by atoms with van der Waals surface area (Å²) in [4.78, 5) is 37.4. The van der Waals surface area contributed by atoms with E-state index in [0.717, 1.165) is 4.90 Å². The van der Waals surface area contributed by atoms with E-state index in [2.05, 4.69) is 0 Å². The molecule has 7 heteroatoms. The lowest BCUT2D eigenvalue weighted by Gasteiger charge is -2.13. The molecule has 1 aliphatic rings. The SMILES string of the molecule is COc1cc(C=C2CC(=O)N(c3ccc(C(C)=O)cc3)C2=O)cc(O)c1O. The summed E-state index contributed by atoms with van der Waals surface area (Å²) in [5, 5.41) is 19.4. The van der Waals surface area contributed by atoms with Crippen LogP contribution in [-0.2, 0) is 9.59 Å². The predicted molar refractivity (Wildman–Crippen MR) is 97.9 cm³/mol. The molecule has 0 spiro atoms. The van der Waals surface area contributed by atoms with Crippen LogP contribution >= 0.6 is 0 Å². The maximum Gasteiger partial charge on any atom is 0.261 e. The summed E-state index contributed by atoms with van der Waals surface area (Å²) in [5.41, 5.74) is 1.51. The van der Waals surface area contributed by atoms with Crippen LogP contribution in [0, 0.1) is 0 Å². The number of nitrogens with zero attached hydrogens (tertiary/aromatic N) is 1. The summed E-state index contributed by atoms with van der Waals surface area (Å²) in [5.74, 6) is -1.73. The zero-order valence-corrected chi connectivity index (χ0v) is 14.7. The van der Waals surface area contributed by atoms with Crippen molar-refractivity contribution in [2.75, 3.05) is 12.0 Å². The Kier molecular flexibility index (Phi) is 4.68. The van der Waals surface area contributed by atoms with Gasteiger partial charge < -0.3 is 14.9 Å². The van der Waals surface area contributed by atoms with Gasteiger partial charge in [0.05, 0.1) is 19.2 Å². The molecule has 0 bridgehead atoms. The molecule has 0 aliphatic carbocycles. The Morgan fingerprint density at radius 2 is 1.81 bits per heavy atom. The maximum atomic E-state index is 12.7. The van der Waals surface area contributed by atoms with Gasteiger partial charge in [0, 0.05) is 11.1 Å². The van der Waals surface area contributed by atoms with E-state index in [-0.39, 0.29) is 23.5 Å². The lowest BCUT2D eigenvalue weighted by molar-refractivity contribution is -0.120. The fourth-order valence-corrected chi connectivity index (χ4v) is 2.85. The molecule has 0 unspecified atom stereocenters. The van der Waals surface area contributed by atoms with Crippen LogP contribution in [0.1, 0.15) is 29.3 Å². The molecular weight excluding hydrogens is 350 g/mol. The number of ketones is 1. The van der Waals surface area contributed by atoms with Crippen molar-refractivity contribution in [2.24, 2.45) is 0 Å². The Balaban J connectivity index is 1.93. The monoisotopic (exact) mass is 367 g/mol. The van der Waals surface area contributed by atoms with Crippen LogP contribution in [-0.4, -0.2) is 34.9 Å². The van der Waals surface area contributed by atoms with Crippen molar-refractivity contribution in [1.82, 2.24) is 0 Å². The minimum absolute atomic E-state index is 0.0512. The molecule has 0 atom stereocenters. The molecule has 2 amide bonds. The smallest absolute Gasteiger partial charge is 0.261 e. The molecule has 0 saturated carbocycles. The first kappa shape index (κ1) is 18.2. The van der Waals surface area contributed by atoms with E-state index in [1.165, 1.54) is 32.2 Å². The summed E-state index contributed by atoms with van der Waals surface area (Å²) < 4.78 is 4.97. The quantitative estimate of drug-likeness (QED) is 0.373. The largest absolute Gasteiger partial charge is 0.504 e. The third-order valence-corrected chi connectivity index (χ3v) is 4.24. The molecule has 0 aromatic heterocycles. The summed E-state index contributed by atoms with van der Waals surface area (Å²) in [6.45, 7) is 1.43. The highest BCUT2D eigenvalue weighted by Gasteiger charge is 2.35. The number of methoxy groups -OCH3 is 1. The third kappa shape index (κ3) is 3.39. The van der Waals surface area contributed by atoms with E-state index in [4.69, 9.17) is 4.74 Å². The molecule has 7 nitrogen and oxygen atoms in total. The van der Waals surface area contributed by atoms with Crippen LogP contribution < -0.4 is 9.64 Å². The van der Waals surface area contributed by atoms with Crippen LogP contribution in [0.5, 0.6) is 17.2 Å². The van der Waals surface area contributed by atoms with E-state index in [1.807, 2.05) is 0 Å². The van der Waals surface area contributed by atoms with Gasteiger partial charge in [-0.1, -0.05) is 0 Å². The van der Waals surface area contributed by atoms with Crippen molar-refractivity contribution in [3.63, 3.8) is 0 Å². The summed E-state index contributed by atoms with van der Waals surface area (Å²) >= 11 is 0. The molecule has 1 saturated heterocycles. The van der Waals surface area contributed by atoms with E-state index >= 15 is 0 Å². The highest BCUT2D eigenvalue weighted by molar-refractivity contribution is 6.29. The third-order valence-electron chi connectivity index (χ3n) is 4.24. The van der Waals surface area contributed by atoms with Crippen molar-refractivity contribution >= 4 is 29.4 Å². The van der Waals surface area contributed by atoms with Gasteiger partial charge in [-0.3, -0.25) is 14.4 Å². The van der Waals surface area contributed by atoms with Gasteiger partial charge in [0.25, 0.3) is 5.91 Å². The summed E-state index contributed by atoms with van der Waals surface area (Å²) in [6, 6.07) is 8.93. The molecule has 0 radical (unpaired) electrons. The average Bonchev–Trinajstić information content (AvgIpc) is 2.91. The number of phenolic OH excluding ortho intramolecular Hbond substituents is 2. The number of imide groups is 1. The number of carbonyl (C=O) groups is 3. The Hall–Kier alpha value is -3.61. The minimum Gasteiger partial charge on any atom is -0.504 e. The van der Waals surface area contributed by atoms with Gasteiger partial charge in [-0.25, -0.2) is 4.90 Å². The fraction of sp³-hybridized carbons (Fsp3) is 0.150. The van der Waals surface area contributed by atoms with Crippen LogP contribution in [0.2, 0.25) is 0 Å². The predicted octanol–water partition coefficient (Wildman–Crippen LogP) is 2.66. The van der Waals surface area contributed by atoms with Crippen molar-refractivity contribution < 1.29 is 29.3 Å². The van der Waals surface area contributed by atoms with E-state index < -0.39 is 23.3 Å². The summed E-state index contributed by atoms with van der Waals surface area (Å²) in [6.07, 6.45) is 1.36. The minimum atomic E-state index is -0.484. The van der Waals surface area contributed by atoms with E-state index in [0.29, 0.717) is 16.8 Å². The Labute approximate surface area is 155 Å². The Morgan fingerprint density at radius 3 is 2.41 bits per heavy atom. The van der Waals surface area contributed by atoms with Crippen LogP contribution in [0.15, 0.2) is 42.0 Å². The standard InChI is InChI=1S/C20H17NO6/c1-11(22)13-3-5-15(6-4-13)21-18(24)10-14(20(21)26)7-12-8-16(23)19(25)17(9-12)27-2/h3-9,23,25H,10H2,1-2H3. The van der Waals surface area contributed by atoms with Crippen molar-refractivity contribution in [1.29, 1.82) is 0 Å². The number of benzene rings is 2. The molecule has 2 N–H and O–H groups in total. The lowest BCUT2D eigenvalue weighted by atomic mass is 10.1. The van der Waals surface area contributed by atoms with Crippen molar-refractivity contribution in [3.8, 4) is 17.2 Å². The molecule has 2 aromatic carbocycles. The molecular formula is C20H17NO6. The molecule has 138 valence electrons. The number of amides is 2. The van der Waals surface area contributed by atoms with Gasteiger partial charge in [0.15, 0.2) is 17.3 Å². The van der Waals surface area contributed by atoms with Gasteiger partial charge in [0.2, 0.25) is 11.7 Å². The second-order valence-electron chi connectivity index (χ2n) is 6.07. The highest BCUT2D eigenvalue weighted by atomic mass is 16.5. The van der Waals surface area contributed by atoms with Crippen LogP contribution in [0.25, 0.3) is 6.08 Å². The number of rotatable bonds is 4. The first-order chi connectivity index (χ1) is 12.8. The maximum absolute atomic E-state index is 12.7. The average molecular weight is 367 g/mol. The fourth-order valence-electron chi connectivity index (χ4n) is 2.85. The molecule has 2 aromatic rings. The van der Waals surface area contributed by atoms with Gasteiger partial charge >= 0.3 is 0 Å². The Morgan fingerprint density at radius 1 is 1.15 bits per heavy atom. The number of hydrogen-bond acceptors (Lipinski definition) is 6. The van der Waals surface area contributed by atoms with Gasteiger partial charge in [-0.05, 0) is 55.0 Å². The van der Waals surface area contributed by atoms with Gasteiger partial charge in [-0.15, -0.1) is 0 Å². The topological polar surface area (TPSA) is 104 Å². The molecule has 1 heterocycles. The zero-order valence-electron chi connectivity index (χ0n) is 14.7. The number of Topliss-reactive ketones (excluding diaryl/α,β-unsaturated/α-hetero) is 1. The Bertz CT molecular complexity index is 975. The lowest BCUT2D eigenvalue weighted by Crippen LogP contribution is -2.28. The normalized spacial score (nSPS) is 15.5. The van der Waals surface area contributed by atoms with E-state index in [9.17, 15) is 24.6 Å². The van der Waals surface area contributed by atoms with Crippen LogP contribution in [0.4, 0.5) is 5.69 Å².